The molecule has 2 nitrogen and oxygen atoms in total. The molecule has 2 fully saturated rings. The Balaban J connectivity index is 1.75. The quantitative estimate of drug-likeness (QED) is 0.770. The third-order valence-electron chi connectivity index (χ3n) is 4.90. The average molecular weight is 272 g/mol. The summed E-state index contributed by atoms with van der Waals surface area (Å²) in [6.45, 7) is 11.9. The van der Waals surface area contributed by atoms with Gasteiger partial charge in [-0.25, -0.2) is 0 Å². The molecule has 20 heavy (non-hydrogen) atoms. The maximum atomic E-state index is 2.70. The summed E-state index contributed by atoms with van der Waals surface area (Å²) < 4.78 is 0. The average Bonchev–Trinajstić information content (AvgIpc) is 2.75. The number of fused-ring (bicyclic) bond motifs is 1. The molecule has 1 atom stereocenters. The zero-order chi connectivity index (χ0) is 14.2. The van der Waals surface area contributed by atoms with Crippen LogP contribution in [0.3, 0.4) is 0 Å². The Kier molecular flexibility index (Phi) is 3.76. The predicted octanol–water partition coefficient (Wildman–Crippen LogP) is 3.66. The van der Waals surface area contributed by atoms with E-state index in [4.69, 9.17) is 0 Å². The van der Waals surface area contributed by atoms with Gasteiger partial charge in [0.25, 0.3) is 0 Å². The molecule has 0 aromatic heterocycles. The highest BCUT2D eigenvalue weighted by atomic mass is 15.3. The molecule has 0 radical (unpaired) electrons. The van der Waals surface area contributed by atoms with Gasteiger partial charge in [0.15, 0.2) is 0 Å². The van der Waals surface area contributed by atoms with E-state index in [-0.39, 0.29) is 5.41 Å². The molecule has 1 unspecified atom stereocenters. The van der Waals surface area contributed by atoms with Crippen LogP contribution in [0.2, 0.25) is 0 Å². The standard InChI is InChI=1S/C18H28N2/c1-18(2,3)15-7-9-16(10-8-15)20-13-5-12-19-11-4-6-17(19)14-20/h7-10,17H,4-6,11-14H2,1-3H3. The molecule has 2 saturated heterocycles. The topological polar surface area (TPSA) is 6.48 Å². The lowest BCUT2D eigenvalue weighted by Gasteiger charge is -2.28. The summed E-state index contributed by atoms with van der Waals surface area (Å²) in [5.74, 6) is 0. The summed E-state index contributed by atoms with van der Waals surface area (Å²) in [5, 5.41) is 0. The van der Waals surface area contributed by atoms with Crippen LogP contribution in [0.25, 0.3) is 0 Å². The Labute approximate surface area is 123 Å². The molecule has 0 spiro atoms. The third kappa shape index (κ3) is 2.85. The molecule has 2 aliphatic heterocycles. The Morgan fingerprint density at radius 3 is 2.35 bits per heavy atom. The highest BCUT2D eigenvalue weighted by Gasteiger charge is 2.28. The van der Waals surface area contributed by atoms with E-state index in [1.165, 1.54) is 56.7 Å². The fourth-order valence-corrected chi connectivity index (χ4v) is 3.61. The van der Waals surface area contributed by atoms with Crippen LogP contribution in [0, 0.1) is 0 Å². The van der Waals surface area contributed by atoms with Crippen molar-refractivity contribution in [1.29, 1.82) is 0 Å². The van der Waals surface area contributed by atoms with Gasteiger partial charge in [-0.15, -0.1) is 0 Å². The minimum atomic E-state index is 0.250. The summed E-state index contributed by atoms with van der Waals surface area (Å²) in [4.78, 5) is 5.30. The summed E-state index contributed by atoms with van der Waals surface area (Å²) in [7, 11) is 0. The monoisotopic (exact) mass is 272 g/mol. The normalized spacial score (nSPS) is 24.6. The minimum Gasteiger partial charge on any atom is -0.370 e. The van der Waals surface area contributed by atoms with Gasteiger partial charge in [0, 0.05) is 31.4 Å². The lowest BCUT2D eigenvalue weighted by Crippen LogP contribution is -2.36. The molecular weight excluding hydrogens is 244 g/mol. The second kappa shape index (κ2) is 5.40. The van der Waals surface area contributed by atoms with Gasteiger partial charge in [-0.05, 0) is 48.9 Å². The van der Waals surface area contributed by atoms with E-state index >= 15 is 0 Å². The maximum absolute atomic E-state index is 2.70. The van der Waals surface area contributed by atoms with E-state index < -0.39 is 0 Å². The minimum absolute atomic E-state index is 0.250. The molecule has 0 N–H and O–H groups in total. The van der Waals surface area contributed by atoms with Crippen LogP contribution in [-0.2, 0) is 5.41 Å². The zero-order valence-corrected chi connectivity index (χ0v) is 13.2. The first-order valence-corrected chi connectivity index (χ1v) is 8.13. The second-order valence-electron chi connectivity index (χ2n) is 7.43. The van der Waals surface area contributed by atoms with Crippen molar-refractivity contribution in [1.82, 2.24) is 4.90 Å². The van der Waals surface area contributed by atoms with Crippen molar-refractivity contribution >= 4 is 5.69 Å². The molecule has 0 saturated carbocycles. The van der Waals surface area contributed by atoms with Crippen molar-refractivity contribution < 1.29 is 0 Å². The molecule has 3 rings (SSSR count). The summed E-state index contributed by atoms with van der Waals surface area (Å²) in [6, 6.07) is 10.1. The first kappa shape index (κ1) is 13.9. The molecule has 0 bridgehead atoms. The Hall–Kier alpha value is -1.02. The second-order valence-corrected chi connectivity index (χ2v) is 7.43. The Bertz CT molecular complexity index is 443. The van der Waals surface area contributed by atoms with Crippen LogP contribution in [0.4, 0.5) is 5.69 Å². The Morgan fingerprint density at radius 1 is 0.950 bits per heavy atom. The first-order chi connectivity index (χ1) is 9.54. The van der Waals surface area contributed by atoms with Crippen LogP contribution in [0.5, 0.6) is 0 Å². The van der Waals surface area contributed by atoms with Gasteiger partial charge in [-0.2, -0.15) is 0 Å². The van der Waals surface area contributed by atoms with Gasteiger partial charge in [-0.3, -0.25) is 4.90 Å². The molecule has 1 aromatic carbocycles. The van der Waals surface area contributed by atoms with Gasteiger partial charge in [-0.1, -0.05) is 32.9 Å². The van der Waals surface area contributed by atoms with Gasteiger partial charge in [0.2, 0.25) is 0 Å². The van der Waals surface area contributed by atoms with Crippen LogP contribution >= 0.6 is 0 Å². The summed E-state index contributed by atoms with van der Waals surface area (Å²) >= 11 is 0. The molecular formula is C18H28N2. The molecule has 110 valence electrons. The lowest BCUT2D eigenvalue weighted by atomic mass is 9.87. The smallest absolute Gasteiger partial charge is 0.0366 e. The van der Waals surface area contributed by atoms with E-state index in [0.717, 1.165) is 6.04 Å². The first-order valence-electron chi connectivity index (χ1n) is 8.13. The fourth-order valence-electron chi connectivity index (χ4n) is 3.61. The van der Waals surface area contributed by atoms with Crippen LogP contribution < -0.4 is 4.90 Å². The summed E-state index contributed by atoms with van der Waals surface area (Å²) in [6.07, 6.45) is 4.08. The van der Waals surface area contributed by atoms with Crippen LogP contribution in [-0.4, -0.2) is 37.1 Å². The van der Waals surface area contributed by atoms with Crippen molar-refractivity contribution in [3.63, 3.8) is 0 Å². The van der Waals surface area contributed by atoms with Gasteiger partial charge in [0.05, 0.1) is 0 Å². The van der Waals surface area contributed by atoms with Crippen molar-refractivity contribution in [2.45, 2.75) is 51.5 Å². The highest BCUT2D eigenvalue weighted by Crippen LogP contribution is 2.28. The van der Waals surface area contributed by atoms with Gasteiger partial charge in [0.1, 0.15) is 0 Å². The molecule has 0 amide bonds. The van der Waals surface area contributed by atoms with Crippen molar-refractivity contribution in [2.24, 2.45) is 0 Å². The van der Waals surface area contributed by atoms with E-state index in [2.05, 4.69) is 54.8 Å². The Morgan fingerprint density at radius 2 is 1.65 bits per heavy atom. The fraction of sp³-hybridized carbons (Fsp3) is 0.667. The molecule has 0 aliphatic carbocycles. The number of hydrogen-bond acceptors (Lipinski definition) is 2. The van der Waals surface area contributed by atoms with E-state index in [1.54, 1.807) is 0 Å². The highest BCUT2D eigenvalue weighted by molar-refractivity contribution is 5.49. The molecule has 2 aliphatic rings. The van der Waals surface area contributed by atoms with Gasteiger partial charge >= 0.3 is 0 Å². The third-order valence-corrected chi connectivity index (χ3v) is 4.90. The van der Waals surface area contributed by atoms with E-state index in [1.807, 2.05) is 0 Å². The van der Waals surface area contributed by atoms with Gasteiger partial charge < -0.3 is 4.90 Å². The van der Waals surface area contributed by atoms with Crippen molar-refractivity contribution in [2.75, 3.05) is 31.1 Å². The van der Waals surface area contributed by atoms with Crippen LogP contribution in [0.1, 0.15) is 45.6 Å². The van der Waals surface area contributed by atoms with E-state index in [9.17, 15) is 0 Å². The molecule has 1 aromatic rings. The zero-order valence-electron chi connectivity index (χ0n) is 13.2. The van der Waals surface area contributed by atoms with Crippen molar-refractivity contribution in [3.05, 3.63) is 29.8 Å². The number of benzene rings is 1. The molecule has 2 heteroatoms. The predicted molar refractivity (Wildman–Crippen MR) is 86.6 cm³/mol. The number of anilines is 1. The molecule has 2 heterocycles. The number of hydrogen-bond donors (Lipinski definition) is 0. The number of nitrogens with zero attached hydrogens (tertiary/aromatic N) is 2. The lowest BCUT2D eigenvalue weighted by molar-refractivity contribution is 0.273. The van der Waals surface area contributed by atoms with Crippen LogP contribution in [0.15, 0.2) is 24.3 Å². The largest absolute Gasteiger partial charge is 0.370 e. The summed E-state index contributed by atoms with van der Waals surface area (Å²) in [5.41, 5.74) is 3.09. The SMILES string of the molecule is CC(C)(C)c1ccc(N2CCCN3CCCC3C2)cc1. The number of rotatable bonds is 1. The van der Waals surface area contributed by atoms with E-state index in [0.29, 0.717) is 0 Å². The van der Waals surface area contributed by atoms with Crippen molar-refractivity contribution in [3.8, 4) is 0 Å². The maximum Gasteiger partial charge on any atom is 0.0366 e.